The predicted octanol–water partition coefficient (Wildman–Crippen LogP) is 11.9. The van der Waals surface area contributed by atoms with Crippen molar-refractivity contribution in [2.24, 2.45) is 0 Å². The second kappa shape index (κ2) is 11.7. The second-order valence-electron chi connectivity index (χ2n) is 13.1. The number of para-hydroxylation sites is 4. The van der Waals surface area contributed by atoms with Crippen molar-refractivity contribution in [1.29, 1.82) is 0 Å². The number of rotatable bonds is 4. The first-order valence-electron chi connectivity index (χ1n) is 17.4. The van der Waals surface area contributed by atoms with Gasteiger partial charge in [0.15, 0.2) is 0 Å². The van der Waals surface area contributed by atoms with E-state index in [0.29, 0.717) is 22.7 Å². The normalized spacial score (nSPS) is 11.9. The van der Waals surface area contributed by atoms with Crippen LogP contribution >= 0.6 is 0 Å². The second-order valence-corrected chi connectivity index (χ2v) is 13.1. The van der Waals surface area contributed by atoms with Crippen molar-refractivity contribution in [2.75, 3.05) is 0 Å². The molecule has 0 amide bonds. The van der Waals surface area contributed by atoms with E-state index in [9.17, 15) is 0 Å². The topological polar surface area (TPSA) is 71.2 Å². The zero-order chi connectivity index (χ0) is 34.6. The molecular formula is C46H24N4O3Pt. The van der Waals surface area contributed by atoms with E-state index in [0.717, 1.165) is 88.0 Å². The number of benzene rings is 6. The Bertz CT molecular complexity index is 3200. The van der Waals surface area contributed by atoms with Crippen LogP contribution in [0.2, 0.25) is 0 Å². The maximum Gasteiger partial charge on any atom is 2.00 e. The number of fused-ring (bicyclic) bond motifs is 14. The van der Waals surface area contributed by atoms with E-state index in [1.165, 1.54) is 0 Å². The largest absolute Gasteiger partial charge is 2.00 e. The van der Waals surface area contributed by atoms with E-state index in [1.807, 2.05) is 97.3 Å². The van der Waals surface area contributed by atoms with Crippen LogP contribution < -0.4 is 4.74 Å². The summed E-state index contributed by atoms with van der Waals surface area (Å²) in [6, 6.07) is 52.2. The molecule has 0 saturated heterocycles. The minimum Gasteiger partial charge on any atom is -0.512 e. The maximum atomic E-state index is 7.09. The van der Waals surface area contributed by atoms with E-state index in [1.54, 1.807) is 0 Å². The molecular weight excluding hydrogens is 852 g/mol. The Kier molecular flexibility index (Phi) is 6.67. The third kappa shape index (κ3) is 4.21. The van der Waals surface area contributed by atoms with Gasteiger partial charge in [0, 0.05) is 34.2 Å². The Morgan fingerprint density at radius 1 is 0.444 bits per heavy atom. The molecule has 0 spiro atoms. The summed E-state index contributed by atoms with van der Waals surface area (Å²) < 4.78 is 24.7. The molecule has 0 N–H and O–H groups in total. The molecule has 12 aromatic rings. The molecule has 0 aliphatic carbocycles. The number of aromatic nitrogens is 4. The smallest absolute Gasteiger partial charge is 0.512 e. The zero-order valence-electron chi connectivity index (χ0n) is 28.2. The average molecular weight is 876 g/mol. The van der Waals surface area contributed by atoms with Crippen molar-refractivity contribution >= 4 is 87.5 Å². The van der Waals surface area contributed by atoms with Crippen LogP contribution in [0.1, 0.15) is 0 Å². The van der Waals surface area contributed by atoms with Crippen molar-refractivity contribution in [3.8, 4) is 23.1 Å². The SMILES string of the molecule is [Pt+2].[c-]1c(Oc2[c-]c3c(c4ccccc4n3-c3ccccn3)c3c2oc2ccccc23)c2oc3ccccc3c2c2c3ccccc3n(-c3ccccn3)c12. The Balaban J connectivity index is 0.00000341. The van der Waals surface area contributed by atoms with E-state index < -0.39 is 0 Å². The average Bonchev–Trinajstić information content (AvgIpc) is 3.96. The van der Waals surface area contributed by atoms with Crippen molar-refractivity contribution in [3.05, 3.63) is 158 Å². The zero-order valence-corrected chi connectivity index (χ0v) is 30.5. The number of hydrogen-bond donors (Lipinski definition) is 0. The van der Waals surface area contributed by atoms with E-state index in [2.05, 4.69) is 69.8 Å². The van der Waals surface area contributed by atoms with E-state index >= 15 is 0 Å². The van der Waals surface area contributed by atoms with E-state index in [-0.39, 0.29) is 21.1 Å². The monoisotopic (exact) mass is 875 g/mol. The Morgan fingerprint density at radius 2 is 0.852 bits per heavy atom. The van der Waals surface area contributed by atoms with Gasteiger partial charge in [-0.05, 0) is 59.3 Å². The van der Waals surface area contributed by atoms with Gasteiger partial charge in [0.25, 0.3) is 0 Å². The van der Waals surface area contributed by atoms with Gasteiger partial charge in [0.05, 0.1) is 22.7 Å². The van der Waals surface area contributed by atoms with Crippen molar-refractivity contribution in [3.63, 3.8) is 0 Å². The Morgan fingerprint density at radius 3 is 1.30 bits per heavy atom. The van der Waals surface area contributed by atoms with Gasteiger partial charge < -0.3 is 22.7 Å². The van der Waals surface area contributed by atoms with Gasteiger partial charge in [-0.25, -0.2) is 9.97 Å². The number of nitrogens with zero attached hydrogens (tertiary/aromatic N) is 4. The van der Waals surface area contributed by atoms with Crippen molar-refractivity contribution < 1.29 is 34.6 Å². The molecule has 54 heavy (non-hydrogen) atoms. The maximum absolute atomic E-state index is 7.09. The van der Waals surface area contributed by atoms with Gasteiger partial charge >= 0.3 is 21.1 Å². The first kappa shape index (κ1) is 30.9. The summed E-state index contributed by atoms with van der Waals surface area (Å²) in [7, 11) is 0. The molecule has 0 unspecified atom stereocenters. The van der Waals surface area contributed by atoms with Crippen LogP contribution in [0.4, 0.5) is 0 Å². The summed E-state index contributed by atoms with van der Waals surface area (Å²) in [5, 5.41) is 8.03. The number of hydrogen-bond acceptors (Lipinski definition) is 5. The van der Waals surface area contributed by atoms with Gasteiger partial charge in [-0.15, -0.1) is 12.1 Å². The summed E-state index contributed by atoms with van der Waals surface area (Å²) in [6.45, 7) is 0. The fourth-order valence-electron chi connectivity index (χ4n) is 8.15. The summed E-state index contributed by atoms with van der Waals surface area (Å²) in [5.74, 6) is 2.39. The molecule has 0 radical (unpaired) electrons. The molecule has 12 rings (SSSR count). The van der Waals surface area contributed by atoms with Crippen LogP contribution in [-0.4, -0.2) is 19.1 Å². The predicted molar refractivity (Wildman–Crippen MR) is 209 cm³/mol. The van der Waals surface area contributed by atoms with E-state index in [4.69, 9.17) is 23.5 Å². The minimum absolute atomic E-state index is 0. The molecule has 0 fully saturated rings. The third-order valence-corrected chi connectivity index (χ3v) is 10.3. The van der Waals surface area contributed by atoms with Gasteiger partial charge in [-0.1, -0.05) is 118 Å². The van der Waals surface area contributed by atoms with Gasteiger partial charge in [0.1, 0.15) is 22.8 Å². The molecule has 0 atom stereocenters. The number of ether oxygens (including phenoxy) is 1. The minimum atomic E-state index is 0. The Hall–Kier alpha value is -6.69. The first-order valence-corrected chi connectivity index (χ1v) is 17.4. The molecule has 0 aliphatic rings. The molecule has 7 nitrogen and oxygen atoms in total. The number of pyridine rings is 2. The van der Waals surface area contributed by atoms with Crippen LogP contribution in [0.25, 0.3) is 99.1 Å². The molecule has 256 valence electrons. The molecule has 0 bridgehead atoms. The van der Waals surface area contributed by atoms with Crippen molar-refractivity contribution in [1.82, 2.24) is 19.1 Å². The third-order valence-electron chi connectivity index (χ3n) is 10.3. The standard InChI is InChI=1S/C46H24N4O3.Pt/c1-5-17-31-27(13-1)41-33(49(31)39-21-9-11-23-47-39)25-37(45-43(41)29-15-3-7-19-35(29)52-45)51-38-26-34-42(44-30-16-4-8-20-36(30)53-46(38)44)28-14-2-6-18-32(28)50(34)40-22-10-12-24-48-40;/h1-24H;/q-2;+2. The van der Waals surface area contributed by atoms with Crippen LogP contribution in [0.3, 0.4) is 0 Å². The fraction of sp³-hybridized carbons (Fsp3) is 0. The van der Waals surface area contributed by atoms with Gasteiger partial charge in [-0.2, -0.15) is 0 Å². The van der Waals surface area contributed by atoms with Gasteiger partial charge in [0.2, 0.25) is 0 Å². The summed E-state index contributed by atoms with van der Waals surface area (Å²) in [4.78, 5) is 9.55. The molecule has 6 aromatic heterocycles. The first-order chi connectivity index (χ1) is 26.3. The molecule has 6 heterocycles. The summed E-state index contributed by atoms with van der Waals surface area (Å²) in [5.41, 5.74) is 6.35. The van der Waals surface area contributed by atoms with Crippen LogP contribution in [0.15, 0.2) is 155 Å². The van der Waals surface area contributed by atoms with Crippen molar-refractivity contribution in [2.45, 2.75) is 0 Å². The van der Waals surface area contributed by atoms with Crippen LogP contribution in [-0.2, 0) is 21.1 Å². The number of furan rings is 2. The van der Waals surface area contributed by atoms with Crippen LogP contribution in [0.5, 0.6) is 11.5 Å². The summed E-state index contributed by atoms with van der Waals surface area (Å²) >= 11 is 0. The fourth-order valence-corrected chi connectivity index (χ4v) is 8.15. The Labute approximate surface area is 320 Å². The molecule has 0 saturated carbocycles. The molecule has 6 aromatic carbocycles. The summed E-state index contributed by atoms with van der Waals surface area (Å²) in [6.07, 6.45) is 3.62. The molecule has 0 aliphatic heterocycles. The quantitative estimate of drug-likeness (QED) is 0.165. The molecule has 8 heteroatoms. The van der Waals surface area contributed by atoms with Gasteiger partial charge in [-0.3, -0.25) is 0 Å². The van der Waals surface area contributed by atoms with Crippen LogP contribution in [0, 0.1) is 12.1 Å².